The van der Waals surface area contributed by atoms with Crippen molar-refractivity contribution in [1.82, 2.24) is 0 Å². The Balaban J connectivity index is 1.57. The topological polar surface area (TPSA) is 3.24 Å². The Kier molecular flexibility index (Phi) is 5.22. The second kappa shape index (κ2) is 8.46. The van der Waals surface area contributed by atoms with Crippen molar-refractivity contribution in [2.24, 2.45) is 0 Å². The lowest BCUT2D eigenvalue weighted by Gasteiger charge is -2.29. The Bertz CT molecular complexity index is 1570. The molecule has 176 valence electrons. The van der Waals surface area contributed by atoms with Crippen molar-refractivity contribution in [1.29, 1.82) is 0 Å². The average molecular weight is 474 g/mol. The molecule has 0 amide bonds. The molecule has 5 aromatic carbocycles. The molecule has 3 heteroatoms. The van der Waals surface area contributed by atoms with Gasteiger partial charge in [-0.3, -0.25) is 0 Å². The van der Waals surface area contributed by atoms with Gasteiger partial charge in [0.05, 0.1) is 5.69 Å². The number of para-hydroxylation sites is 1. The number of halogens is 2. The van der Waals surface area contributed by atoms with Crippen LogP contribution in [0.15, 0.2) is 115 Å². The first kappa shape index (κ1) is 22.2. The maximum absolute atomic E-state index is 13.9. The molecule has 0 unspecified atom stereocenters. The van der Waals surface area contributed by atoms with Crippen LogP contribution in [0.3, 0.4) is 0 Å². The zero-order chi connectivity index (χ0) is 24.9. The van der Waals surface area contributed by atoms with Gasteiger partial charge in [0.2, 0.25) is 0 Å². The van der Waals surface area contributed by atoms with Gasteiger partial charge in [-0.05, 0) is 82.4 Å². The van der Waals surface area contributed by atoms with Gasteiger partial charge >= 0.3 is 0 Å². The molecule has 0 heterocycles. The normalized spacial score (nSPS) is 13.2. The first-order valence-corrected chi connectivity index (χ1v) is 12.1. The fraction of sp³-hybridized carbons (Fsp3) is 0.0909. The lowest BCUT2D eigenvalue weighted by molar-refractivity contribution is 0.627. The number of fused-ring (bicyclic) bond motifs is 3. The van der Waals surface area contributed by atoms with E-state index in [1.165, 1.54) is 46.5 Å². The molecule has 5 aromatic rings. The maximum atomic E-state index is 13.9. The van der Waals surface area contributed by atoms with Crippen molar-refractivity contribution < 1.29 is 8.78 Å². The van der Waals surface area contributed by atoms with Gasteiger partial charge < -0.3 is 4.90 Å². The van der Waals surface area contributed by atoms with Gasteiger partial charge in [-0.15, -0.1) is 0 Å². The molecule has 0 atom stereocenters. The second-order valence-corrected chi connectivity index (χ2v) is 9.74. The van der Waals surface area contributed by atoms with E-state index in [0.717, 1.165) is 28.2 Å². The van der Waals surface area contributed by atoms with Crippen molar-refractivity contribution in [2.75, 3.05) is 4.90 Å². The summed E-state index contributed by atoms with van der Waals surface area (Å²) in [5, 5.41) is 0. The van der Waals surface area contributed by atoms with Crippen LogP contribution in [0.2, 0.25) is 0 Å². The molecule has 36 heavy (non-hydrogen) atoms. The monoisotopic (exact) mass is 473 g/mol. The van der Waals surface area contributed by atoms with Crippen LogP contribution < -0.4 is 4.90 Å². The van der Waals surface area contributed by atoms with Gasteiger partial charge in [0, 0.05) is 22.4 Å². The Morgan fingerprint density at radius 3 is 1.81 bits per heavy atom. The predicted octanol–water partition coefficient (Wildman–Crippen LogP) is 9.41. The molecule has 0 aromatic heterocycles. The van der Waals surface area contributed by atoms with Crippen LogP contribution in [0, 0.1) is 11.6 Å². The van der Waals surface area contributed by atoms with Gasteiger partial charge in [0.15, 0.2) is 0 Å². The zero-order valence-electron chi connectivity index (χ0n) is 20.2. The lowest BCUT2D eigenvalue weighted by Crippen LogP contribution is -2.16. The average Bonchev–Trinajstić information content (AvgIpc) is 3.13. The molecule has 0 fully saturated rings. The molecule has 0 saturated heterocycles. The minimum atomic E-state index is -0.281. The predicted molar refractivity (Wildman–Crippen MR) is 144 cm³/mol. The summed E-state index contributed by atoms with van der Waals surface area (Å²) in [5.41, 5.74) is 9.57. The van der Waals surface area contributed by atoms with Crippen LogP contribution >= 0.6 is 0 Å². The van der Waals surface area contributed by atoms with Crippen molar-refractivity contribution in [3.05, 3.63) is 138 Å². The molecular formula is C33H25F2N. The number of anilines is 3. The Morgan fingerprint density at radius 2 is 1.08 bits per heavy atom. The molecule has 0 aliphatic heterocycles. The fourth-order valence-electron chi connectivity index (χ4n) is 5.39. The molecule has 1 nitrogen and oxygen atoms in total. The second-order valence-electron chi connectivity index (χ2n) is 9.74. The maximum Gasteiger partial charge on any atom is 0.123 e. The minimum absolute atomic E-state index is 0.146. The van der Waals surface area contributed by atoms with E-state index in [4.69, 9.17) is 0 Å². The summed E-state index contributed by atoms with van der Waals surface area (Å²) in [6, 6.07) is 36.3. The highest BCUT2D eigenvalue weighted by Crippen LogP contribution is 2.51. The van der Waals surface area contributed by atoms with Crippen LogP contribution in [0.4, 0.5) is 25.8 Å². The molecular weight excluding hydrogens is 448 g/mol. The molecule has 1 aliphatic rings. The molecule has 1 aliphatic carbocycles. The quantitative estimate of drug-likeness (QED) is 0.251. The highest BCUT2D eigenvalue weighted by atomic mass is 19.1. The van der Waals surface area contributed by atoms with Gasteiger partial charge in [0.25, 0.3) is 0 Å². The highest BCUT2D eigenvalue weighted by molar-refractivity contribution is 5.90. The minimum Gasteiger partial charge on any atom is -0.310 e. The smallest absolute Gasteiger partial charge is 0.123 e. The molecule has 0 N–H and O–H groups in total. The van der Waals surface area contributed by atoms with Gasteiger partial charge in [-0.1, -0.05) is 74.5 Å². The molecule has 0 bridgehead atoms. The highest BCUT2D eigenvalue weighted by Gasteiger charge is 2.35. The van der Waals surface area contributed by atoms with E-state index in [2.05, 4.69) is 67.3 Å². The first-order chi connectivity index (χ1) is 17.4. The summed E-state index contributed by atoms with van der Waals surface area (Å²) >= 11 is 0. The van der Waals surface area contributed by atoms with E-state index >= 15 is 0 Å². The summed E-state index contributed by atoms with van der Waals surface area (Å²) in [7, 11) is 0. The number of hydrogen-bond acceptors (Lipinski definition) is 1. The number of nitrogens with zero attached hydrogens (tertiary/aromatic N) is 1. The van der Waals surface area contributed by atoms with Gasteiger partial charge in [0.1, 0.15) is 11.6 Å². The summed E-state index contributed by atoms with van der Waals surface area (Å²) in [4.78, 5) is 2.15. The molecule has 0 spiro atoms. The number of benzene rings is 5. The zero-order valence-corrected chi connectivity index (χ0v) is 20.2. The first-order valence-electron chi connectivity index (χ1n) is 12.1. The summed E-state index contributed by atoms with van der Waals surface area (Å²) in [6.45, 7) is 4.52. The van der Waals surface area contributed by atoms with Crippen LogP contribution in [-0.2, 0) is 5.41 Å². The van der Waals surface area contributed by atoms with Crippen LogP contribution in [0.25, 0.3) is 22.3 Å². The standard InChI is InChI=1S/C33H25F2N/c1-33(2)30-9-5-3-8-28(30)29-20-19-26(21-31(29)33)36(25-17-15-24(35)16-18-25)32-10-6-4-7-27(32)22-11-13-23(34)14-12-22/h3-21H,1-2H3. The Hall–Kier alpha value is -4.24. The summed E-state index contributed by atoms with van der Waals surface area (Å²) in [6.07, 6.45) is 0. The third-order valence-electron chi connectivity index (χ3n) is 7.21. The van der Waals surface area contributed by atoms with Crippen LogP contribution in [0.5, 0.6) is 0 Å². The number of rotatable bonds is 4. The van der Waals surface area contributed by atoms with Crippen molar-refractivity contribution in [3.8, 4) is 22.3 Å². The summed E-state index contributed by atoms with van der Waals surface area (Å²) in [5.74, 6) is -0.553. The molecule has 0 radical (unpaired) electrons. The summed E-state index contributed by atoms with van der Waals surface area (Å²) < 4.78 is 27.6. The fourth-order valence-corrected chi connectivity index (χ4v) is 5.39. The van der Waals surface area contributed by atoms with Crippen LogP contribution in [-0.4, -0.2) is 0 Å². The van der Waals surface area contributed by atoms with Crippen molar-refractivity contribution in [2.45, 2.75) is 19.3 Å². The number of hydrogen-bond donors (Lipinski definition) is 0. The third kappa shape index (κ3) is 3.59. The van der Waals surface area contributed by atoms with E-state index in [1.54, 1.807) is 24.3 Å². The SMILES string of the molecule is CC1(C)c2ccccc2-c2ccc(N(c3ccc(F)cc3)c3ccccc3-c3ccc(F)cc3)cc21. The molecule has 0 saturated carbocycles. The van der Waals surface area contributed by atoms with Crippen molar-refractivity contribution in [3.63, 3.8) is 0 Å². The van der Waals surface area contributed by atoms with E-state index in [-0.39, 0.29) is 17.0 Å². The van der Waals surface area contributed by atoms with E-state index in [9.17, 15) is 8.78 Å². The lowest BCUT2D eigenvalue weighted by atomic mass is 9.82. The molecule has 6 rings (SSSR count). The third-order valence-corrected chi connectivity index (χ3v) is 7.21. The van der Waals surface area contributed by atoms with Crippen molar-refractivity contribution >= 4 is 17.1 Å². The van der Waals surface area contributed by atoms with E-state index in [1.807, 2.05) is 18.2 Å². The Morgan fingerprint density at radius 1 is 0.528 bits per heavy atom. The van der Waals surface area contributed by atoms with E-state index in [0.29, 0.717) is 0 Å². The largest absolute Gasteiger partial charge is 0.310 e. The van der Waals surface area contributed by atoms with Crippen LogP contribution in [0.1, 0.15) is 25.0 Å². The van der Waals surface area contributed by atoms with Gasteiger partial charge in [-0.2, -0.15) is 0 Å². The Labute approximate surface area is 210 Å². The van der Waals surface area contributed by atoms with E-state index < -0.39 is 0 Å². The van der Waals surface area contributed by atoms with Gasteiger partial charge in [-0.25, -0.2) is 8.78 Å².